The third-order valence-corrected chi connectivity index (χ3v) is 2.58. The fourth-order valence-corrected chi connectivity index (χ4v) is 1.89. The summed E-state index contributed by atoms with van der Waals surface area (Å²) < 4.78 is 0. The number of anilines is 1. The van der Waals surface area contributed by atoms with Gasteiger partial charge in [0.05, 0.1) is 5.69 Å². The average molecular weight is 221 g/mol. The zero-order valence-corrected chi connectivity index (χ0v) is 11.5. The van der Waals surface area contributed by atoms with E-state index < -0.39 is 0 Å². The lowest BCUT2D eigenvalue weighted by atomic mass is 9.83. The van der Waals surface area contributed by atoms with Gasteiger partial charge in [-0.15, -0.1) is 0 Å². The first-order valence-corrected chi connectivity index (χ1v) is 5.78. The Hall–Kier alpha value is -1.12. The fourth-order valence-electron chi connectivity index (χ4n) is 1.89. The van der Waals surface area contributed by atoms with Crippen LogP contribution in [0.2, 0.25) is 0 Å². The van der Waals surface area contributed by atoms with Crippen LogP contribution in [0.5, 0.6) is 0 Å². The van der Waals surface area contributed by atoms with E-state index in [0.29, 0.717) is 5.92 Å². The molecule has 0 N–H and O–H groups in total. The van der Waals surface area contributed by atoms with E-state index in [0.717, 1.165) is 11.5 Å². The summed E-state index contributed by atoms with van der Waals surface area (Å²) in [5.74, 6) is 1.46. The number of hydrogen-bond acceptors (Lipinski definition) is 3. The van der Waals surface area contributed by atoms with Crippen molar-refractivity contribution in [2.24, 2.45) is 0 Å². The molecule has 3 nitrogen and oxygen atoms in total. The Morgan fingerprint density at radius 3 is 2.06 bits per heavy atom. The number of rotatable bonds is 2. The van der Waals surface area contributed by atoms with E-state index in [9.17, 15) is 0 Å². The maximum absolute atomic E-state index is 4.45. The van der Waals surface area contributed by atoms with Gasteiger partial charge in [-0.2, -0.15) is 0 Å². The first kappa shape index (κ1) is 12.9. The second-order valence-corrected chi connectivity index (χ2v) is 5.76. The highest BCUT2D eigenvalue weighted by Crippen LogP contribution is 2.34. The van der Waals surface area contributed by atoms with Crippen molar-refractivity contribution < 1.29 is 0 Å². The van der Waals surface area contributed by atoms with Gasteiger partial charge >= 0.3 is 0 Å². The first-order valence-electron chi connectivity index (χ1n) is 5.78. The lowest BCUT2D eigenvalue weighted by molar-refractivity contribution is 0.565. The molecular weight excluding hydrogens is 198 g/mol. The molecule has 1 aromatic heterocycles. The number of aromatic nitrogens is 2. The predicted octanol–water partition coefficient (Wildman–Crippen LogP) is 2.96. The molecule has 1 heterocycles. The van der Waals surface area contributed by atoms with E-state index >= 15 is 0 Å². The van der Waals surface area contributed by atoms with Gasteiger partial charge in [-0.05, 0) is 11.3 Å². The van der Waals surface area contributed by atoms with E-state index in [2.05, 4.69) is 49.5 Å². The van der Waals surface area contributed by atoms with Crippen molar-refractivity contribution in [2.75, 3.05) is 19.0 Å². The van der Waals surface area contributed by atoms with Crippen molar-refractivity contribution in [3.8, 4) is 0 Å². The molecule has 3 heteroatoms. The highest BCUT2D eigenvalue weighted by atomic mass is 15.1. The topological polar surface area (TPSA) is 29.0 Å². The minimum Gasteiger partial charge on any atom is -0.362 e. The van der Waals surface area contributed by atoms with Crippen molar-refractivity contribution in [2.45, 2.75) is 46.0 Å². The Morgan fingerprint density at radius 1 is 1.12 bits per heavy atom. The van der Waals surface area contributed by atoms with Gasteiger partial charge in [0.25, 0.3) is 0 Å². The molecular formula is C13H23N3. The van der Waals surface area contributed by atoms with Crippen LogP contribution in [-0.2, 0) is 5.41 Å². The van der Waals surface area contributed by atoms with E-state index in [1.165, 1.54) is 5.56 Å². The van der Waals surface area contributed by atoms with E-state index in [1.807, 2.05) is 14.1 Å². The van der Waals surface area contributed by atoms with E-state index in [4.69, 9.17) is 0 Å². The van der Waals surface area contributed by atoms with Crippen LogP contribution in [0.3, 0.4) is 0 Å². The molecule has 0 amide bonds. The van der Waals surface area contributed by atoms with E-state index in [1.54, 1.807) is 6.33 Å². The molecule has 1 rings (SSSR count). The maximum atomic E-state index is 4.45. The predicted molar refractivity (Wildman–Crippen MR) is 69.1 cm³/mol. The monoisotopic (exact) mass is 221 g/mol. The molecule has 0 aliphatic heterocycles. The quantitative estimate of drug-likeness (QED) is 0.769. The van der Waals surface area contributed by atoms with Crippen LogP contribution in [0.15, 0.2) is 6.33 Å². The van der Waals surface area contributed by atoms with Crippen LogP contribution in [0.1, 0.15) is 51.8 Å². The zero-order valence-electron chi connectivity index (χ0n) is 11.5. The molecule has 0 aliphatic carbocycles. The number of nitrogens with zero attached hydrogens (tertiary/aromatic N) is 3. The normalized spacial score (nSPS) is 12.0. The second-order valence-electron chi connectivity index (χ2n) is 5.76. The molecule has 0 atom stereocenters. The van der Waals surface area contributed by atoms with Gasteiger partial charge in [0, 0.05) is 19.7 Å². The van der Waals surface area contributed by atoms with Crippen LogP contribution in [-0.4, -0.2) is 24.1 Å². The third-order valence-electron chi connectivity index (χ3n) is 2.58. The van der Waals surface area contributed by atoms with Crippen LogP contribution in [0.25, 0.3) is 0 Å². The summed E-state index contributed by atoms with van der Waals surface area (Å²) in [6.45, 7) is 11.0. The lowest BCUT2D eigenvalue weighted by Gasteiger charge is -2.28. The van der Waals surface area contributed by atoms with E-state index in [-0.39, 0.29) is 5.41 Å². The van der Waals surface area contributed by atoms with Crippen LogP contribution < -0.4 is 4.90 Å². The van der Waals surface area contributed by atoms with Crippen LogP contribution >= 0.6 is 0 Å². The zero-order chi connectivity index (χ0) is 12.5. The second kappa shape index (κ2) is 4.40. The van der Waals surface area contributed by atoms with Gasteiger partial charge in [-0.25, -0.2) is 9.97 Å². The van der Waals surface area contributed by atoms with Crippen molar-refractivity contribution in [3.05, 3.63) is 17.6 Å². The fraction of sp³-hybridized carbons (Fsp3) is 0.692. The van der Waals surface area contributed by atoms with Crippen molar-refractivity contribution in [3.63, 3.8) is 0 Å². The van der Waals surface area contributed by atoms with Gasteiger partial charge in [0.1, 0.15) is 12.1 Å². The highest BCUT2D eigenvalue weighted by molar-refractivity contribution is 5.51. The van der Waals surface area contributed by atoms with Gasteiger partial charge in [0.2, 0.25) is 0 Å². The Labute approximate surface area is 98.9 Å². The molecule has 0 saturated heterocycles. The summed E-state index contributed by atoms with van der Waals surface area (Å²) in [6, 6.07) is 0. The Bertz CT molecular complexity index is 336. The Balaban J connectivity index is 3.48. The summed E-state index contributed by atoms with van der Waals surface area (Å²) in [7, 11) is 4.06. The first-order chi connectivity index (χ1) is 7.25. The minimum atomic E-state index is 0.0699. The molecule has 0 fully saturated rings. The SMILES string of the molecule is CC(C)c1ncnc(N(C)C)c1C(C)(C)C. The van der Waals surface area contributed by atoms with Gasteiger partial charge in [-0.3, -0.25) is 0 Å². The smallest absolute Gasteiger partial charge is 0.135 e. The highest BCUT2D eigenvalue weighted by Gasteiger charge is 2.25. The van der Waals surface area contributed by atoms with Crippen molar-refractivity contribution in [1.29, 1.82) is 0 Å². The molecule has 90 valence electrons. The average Bonchev–Trinajstić information content (AvgIpc) is 2.15. The maximum Gasteiger partial charge on any atom is 0.135 e. The molecule has 0 aliphatic rings. The van der Waals surface area contributed by atoms with Gasteiger partial charge < -0.3 is 4.90 Å². The summed E-state index contributed by atoms with van der Waals surface area (Å²) in [6.07, 6.45) is 1.67. The molecule has 0 unspecified atom stereocenters. The lowest BCUT2D eigenvalue weighted by Crippen LogP contribution is -2.23. The summed E-state index contributed by atoms with van der Waals surface area (Å²) in [5, 5.41) is 0. The standard InChI is InChI=1S/C13H23N3/c1-9(2)11-10(13(3,4)5)12(16(6)7)15-8-14-11/h8-9H,1-7H3. The molecule has 0 saturated carbocycles. The van der Waals surface area contributed by atoms with Gasteiger partial charge in [-0.1, -0.05) is 34.6 Å². The number of hydrogen-bond donors (Lipinski definition) is 0. The molecule has 1 aromatic rings. The molecule has 0 radical (unpaired) electrons. The molecule has 0 bridgehead atoms. The van der Waals surface area contributed by atoms with Crippen LogP contribution in [0.4, 0.5) is 5.82 Å². The summed E-state index contributed by atoms with van der Waals surface area (Å²) >= 11 is 0. The van der Waals surface area contributed by atoms with Gasteiger partial charge in [0.15, 0.2) is 0 Å². The minimum absolute atomic E-state index is 0.0699. The largest absolute Gasteiger partial charge is 0.362 e. The Morgan fingerprint density at radius 2 is 1.69 bits per heavy atom. The van der Waals surface area contributed by atoms with Crippen molar-refractivity contribution >= 4 is 5.82 Å². The summed E-state index contributed by atoms with van der Waals surface area (Å²) in [4.78, 5) is 10.9. The molecule has 0 aromatic carbocycles. The van der Waals surface area contributed by atoms with Crippen LogP contribution in [0, 0.1) is 0 Å². The third kappa shape index (κ3) is 2.52. The summed E-state index contributed by atoms with van der Waals surface area (Å²) in [5.41, 5.74) is 2.49. The van der Waals surface area contributed by atoms with Crippen molar-refractivity contribution in [1.82, 2.24) is 9.97 Å². The Kier molecular flexibility index (Phi) is 3.56. The molecule has 0 spiro atoms. The molecule has 16 heavy (non-hydrogen) atoms.